The van der Waals surface area contributed by atoms with E-state index in [1.165, 1.54) is 28.8 Å². The van der Waals surface area contributed by atoms with Crippen LogP contribution in [0.4, 0.5) is 0 Å². The van der Waals surface area contributed by atoms with Crippen LogP contribution in [0.5, 0.6) is 0 Å². The van der Waals surface area contributed by atoms with Crippen molar-refractivity contribution in [1.82, 2.24) is 14.4 Å². The highest BCUT2D eigenvalue weighted by Gasteiger charge is 2.10. The van der Waals surface area contributed by atoms with Crippen molar-refractivity contribution < 1.29 is 9.53 Å². The van der Waals surface area contributed by atoms with Gasteiger partial charge in [-0.3, -0.25) is 9.20 Å². The minimum atomic E-state index is -0.563. The maximum atomic E-state index is 12.0. The molecule has 6 nitrogen and oxygen atoms in total. The highest BCUT2D eigenvalue weighted by Crippen LogP contribution is 2.11. The van der Waals surface area contributed by atoms with Gasteiger partial charge in [-0.05, 0) is 40.2 Å². The molecule has 116 valence electrons. The van der Waals surface area contributed by atoms with Crippen LogP contribution < -0.4 is 5.56 Å². The van der Waals surface area contributed by atoms with Crippen molar-refractivity contribution in [2.75, 3.05) is 0 Å². The molecule has 0 bridgehead atoms. The Morgan fingerprint density at radius 3 is 2.87 bits per heavy atom. The van der Waals surface area contributed by atoms with Crippen LogP contribution in [0, 0.1) is 0 Å². The van der Waals surface area contributed by atoms with Crippen LogP contribution in [0.25, 0.3) is 5.65 Å². The number of ether oxygens (including phenoxy) is 1. The van der Waals surface area contributed by atoms with Crippen molar-refractivity contribution in [1.29, 1.82) is 0 Å². The fraction of sp³-hybridized carbons (Fsp3) is 0.0667. The van der Waals surface area contributed by atoms with Gasteiger partial charge in [-0.2, -0.15) is 0 Å². The molecule has 0 aliphatic rings. The summed E-state index contributed by atoms with van der Waals surface area (Å²) >= 11 is 8.95. The van der Waals surface area contributed by atoms with Gasteiger partial charge in [-0.1, -0.05) is 11.6 Å². The molecule has 8 heteroatoms. The molecule has 0 aliphatic carbocycles. The van der Waals surface area contributed by atoms with Gasteiger partial charge in [0.25, 0.3) is 5.56 Å². The van der Waals surface area contributed by atoms with Gasteiger partial charge in [0.1, 0.15) is 17.4 Å². The molecule has 3 aromatic heterocycles. The summed E-state index contributed by atoms with van der Waals surface area (Å²) in [4.78, 5) is 32.0. The number of carbonyl (C=O) groups excluding carboxylic acids is 1. The van der Waals surface area contributed by atoms with Crippen LogP contribution in [0.1, 0.15) is 16.1 Å². The zero-order chi connectivity index (χ0) is 16.4. The van der Waals surface area contributed by atoms with Gasteiger partial charge >= 0.3 is 5.97 Å². The normalized spacial score (nSPS) is 10.7. The molecule has 23 heavy (non-hydrogen) atoms. The van der Waals surface area contributed by atoms with Crippen molar-refractivity contribution in [3.63, 3.8) is 0 Å². The molecule has 0 saturated carbocycles. The quantitative estimate of drug-likeness (QED) is 0.504. The van der Waals surface area contributed by atoms with E-state index in [0.717, 1.165) is 4.47 Å². The zero-order valence-corrected chi connectivity index (χ0v) is 13.9. The largest absolute Gasteiger partial charge is 0.456 e. The number of esters is 1. The van der Waals surface area contributed by atoms with Crippen molar-refractivity contribution in [2.24, 2.45) is 0 Å². The van der Waals surface area contributed by atoms with Crippen LogP contribution >= 0.6 is 27.5 Å². The van der Waals surface area contributed by atoms with E-state index >= 15 is 0 Å². The lowest BCUT2D eigenvalue weighted by Gasteiger charge is -2.06. The summed E-state index contributed by atoms with van der Waals surface area (Å²) in [5.41, 5.74) is 0.860. The summed E-state index contributed by atoms with van der Waals surface area (Å²) in [5.74, 6) is -0.563. The standard InChI is InChI=1S/C15H9BrClN3O3/c16-10-2-4-13-19-11(5-14(21)20(13)7-10)8-23-15(22)9-1-3-12(17)18-6-9/h1-7H,8H2. The molecule has 0 N–H and O–H groups in total. The lowest BCUT2D eigenvalue weighted by molar-refractivity contribution is 0.0467. The molecule has 0 atom stereocenters. The Kier molecular flexibility index (Phi) is 4.40. The maximum Gasteiger partial charge on any atom is 0.340 e. The second-order valence-electron chi connectivity index (χ2n) is 4.61. The van der Waals surface area contributed by atoms with Gasteiger partial charge in [0, 0.05) is 22.9 Å². The number of aromatic nitrogens is 3. The molecule has 0 saturated heterocycles. The molecule has 0 aromatic carbocycles. The van der Waals surface area contributed by atoms with Gasteiger partial charge in [-0.25, -0.2) is 14.8 Å². The number of pyridine rings is 2. The Morgan fingerprint density at radius 1 is 1.30 bits per heavy atom. The van der Waals surface area contributed by atoms with Crippen molar-refractivity contribution in [3.05, 3.63) is 74.0 Å². The average molecular weight is 395 g/mol. The van der Waals surface area contributed by atoms with E-state index in [0.29, 0.717) is 11.3 Å². The minimum Gasteiger partial charge on any atom is -0.456 e. The minimum absolute atomic E-state index is 0.108. The number of rotatable bonds is 3. The Bertz CT molecular complexity index is 941. The molecule has 0 amide bonds. The van der Waals surface area contributed by atoms with Crippen LogP contribution in [-0.4, -0.2) is 20.3 Å². The van der Waals surface area contributed by atoms with Gasteiger partial charge in [0.05, 0.1) is 11.3 Å². The number of carbonyl (C=O) groups is 1. The van der Waals surface area contributed by atoms with Crippen LogP contribution in [0.3, 0.4) is 0 Å². The molecule has 0 radical (unpaired) electrons. The average Bonchev–Trinajstić information content (AvgIpc) is 2.54. The number of hydrogen-bond donors (Lipinski definition) is 0. The first-order chi connectivity index (χ1) is 11.0. The second-order valence-corrected chi connectivity index (χ2v) is 5.91. The van der Waals surface area contributed by atoms with E-state index in [1.54, 1.807) is 18.3 Å². The molecular formula is C15H9BrClN3O3. The summed E-state index contributed by atoms with van der Waals surface area (Å²) < 4.78 is 7.31. The Balaban J connectivity index is 1.79. The lowest BCUT2D eigenvalue weighted by Crippen LogP contribution is -2.16. The van der Waals surface area contributed by atoms with Crippen molar-refractivity contribution >= 4 is 39.1 Å². The SMILES string of the molecule is O=C(OCc1cc(=O)n2cc(Br)ccc2n1)c1ccc(Cl)nc1. The smallest absolute Gasteiger partial charge is 0.340 e. The van der Waals surface area contributed by atoms with Crippen LogP contribution in [0.15, 0.2) is 52.0 Å². The predicted molar refractivity (Wildman–Crippen MR) is 87.5 cm³/mol. The number of halogens is 2. The summed E-state index contributed by atoms with van der Waals surface area (Å²) in [7, 11) is 0. The summed E-state index contributed by atoms with van der Waals surface area (Å²) in [6, 6.07) is 7.80. The van der Waals surface area contributed by atoms with Gasteiger partial charge < -0.3 is 4.74 Å². The highest BCUT2D eigenvalue weighted by molar-refractivity contribution is 9.10. The van der Waals surface area contributed by atoms with Gasteiger partial charge in [-0.15, -0.1) is 0 Å². The molecular weight excluding hydrogens is 386 g/mol. The number of hydrogen-bond acceptors (Lipinski definition) is 5. The zero-order valence-electron chi connectivity index (χ0n) is 11.6. The third-order valence-corrected chi connectivity index (χ3v) is 3.68. The molecule has 0 aliphatic heterocycles. The Hall–Kier alpha value is -2.25. The fourth-order valence-corrected chi connectivity index (χ4v) is 2.37. The number of fused-ring (bicyclic) bond motifs is 1. The molecule has 3 rings (SSSR count). The van der Waals surface area contributed by atoms with E-state index in [1.807, 2.05) is 0 Å². The van der Waals surface area contributed by atoms with Crippen molar-refractivity contribution in [2.45, 2.75) is 6.61 Å². The maximum absolute atomic E-state index is 12.0. The van der Waals surface area contributed by atoms with E-state index in [-0.39, 0.29) is 22.9 Å². The third kappa shape index (κ3) is 3.57. The van der Waals surface area contributed by atoms with E-state index in [2.05, 4.69) is 25.9 Å². The second kappa shape index (κ2) is 6.47. The first-order valence-corrected chi connectivity index (χ1v) is 7.66. The first kappa shape index (κ1) is 15.6. The van der Waals surface area contributed by atoms with Crippen molar-refractivity contribution in [3.8, 4) is 0 Å². The Labute approximate surface area is 143 Å². The van der Waals surface area contributed by atoms with Gasteiger partial charge in [0.15, 0.2) is 0 Å². The third-order valence-electron chi connectivity index (χ3n) is 2.99. The van der Waals surface area contributed by atoms with Crippen LogP contribution in [-0.2, 0) is 11.3 Å². The summed E-state index contributed by atoms with van der Waals surface area (Å²) in [6.07, 6.45) is 2.95. The monoisotopic (exact) mass is 393 g/mol. The molecule has 0 fully saturated rings. The first-order valence-electron chi connectivity index (χ1n) is 6.49. The molecule has 0 unspecified atom stereocenters. The molecule has 3 aromatic rings. The predicted octanol–water partition coefficient (Wildman–Crippen LogP) is 2.86. The topological polar surface area (TPSA) is 73.6 Å². The van der Waals surface area contributed by atoms with E-state index in [9.17, 15) is 9.59 Å². The fourth-order valence-electron chi connectivity index (χ4n) is 1.92. The molecule has 3 heterocycles. The van der Waals surface area contributed by atoms with Gasteiger partial charge in [0.2, 0.25) is 0 Å². The van der Waals surface area contributed by atoms with E-state index < -0.39 is 5.97 Å². The lowest BCUT2D eigenvalue weighted by atomic mass is 10.3. The van der Waals surface area contributed by atoms with E-state index in [4.69, 9.17) is 16.3 Å². The number of nitrogens with zero attached hydrogens (tertiary/aromatic N) is 3. The Morgan fingerprint density at radius 2 is 2.13 bits per heavy atom. The van der Waals surface area contributed by atoms with Crippen LogP contribution in [0.2, 0.25) is 5.15 Å². The summed E-state index contributed by atoms with van der Waals surface area (Å²) in [6.45, 7) is -0.108. The highest BCUT2D eigenvalue weighted by atomic mass is 79.9. The molecule has 0 spiro atoms. The summed E-state index contributed by atoms with van der Waals surface area (Å²) in [5, 5.41) is 0.289.